The second-order valence-corrected chi connectivity index (χ2v) is 4.93. The lowest BCUT2D eigenvalue weighted by Crippen LogP contribution is -2.00. The van der Waals surface area contributed by atoms with E-state index in [1.165, 1.54) is 18.2 Å². The standard InChI is InChI=1S/C14H10ClN5O3/c15-11-7-10(20(21)22)1-2-12(11)17-8-13-18-14(19-23-13)9-3-5-16-6-4-9/h1-7,17H,8H2. The lowest BCUT2D eigenvalue weighted by atomic mass is 10.2. The largest absolute Gasteiger partial charge is 0.375 e. The van der Waals surface area contributed by atoms with E-state index in [0.29, 0.717) is 17.4 Å². The average molecular weight is 332 g/mol. The molecule has 0 aliphatic rings. The molecule has 9 heteroatoms. The number of nitro benzene ring substituents is 1. The first-order valence-electron chi connectivity index (χ1n) is 6.54. The van der Waals surface area contributed by atoms with Gasteiger partial charge in [0.15, 0.2) is 0 Å². The molecule has 0 radical (unpaired) electrons. The molecule has 3 rings (SSSR count). The molecule has 116 valence electrons. The van der Waals surface area contributed by atoms with Crippen molar-refractivity contribution in [1.82, 2.24) is 15.1 Å². The van der Waals surface area contributed by atoms with Gasteiger partial charge in [-0.3, -0.25) is 15.1 Å². The molecule has 0 bridgehead atoms. The van der Waals surface area contributed by atoms with E-state index in [1.54, 1.807) is 24.5 Å². The quantitative estimate of drug-likeness (QED) is 0.564. The molecule has 0 saturated heterocycles. The lowest BCUT2D eigenvalue weighted by Gasteiger charge is -2.05. The van der Waals surface area contributed by atoms with Crippen LogP contribution in [0, 0.1) is 10.1 Å². The van der Waals surface area contributed by atoms with Crippen LogP contribution in [0.3, 0.4) is 0 Å². The van der Waals surface area contributed by atoms with Gasteiger partial charge in [0, 0.05) is 30.1 Å². The molecule has 2 heterocycles. The molecule has 0 aliphatic carbocycles. The summed E-state index contributed by atoms with van der Waals surface area (Å²) >= 11 is 6.00. The Morgan fingerprint density at radius 1 is 1.26 bits per heavy atom. The summed E-state index contributed by atoms with van der Waals surface area (Å²) in [6.45, 7) is 0.246. The van der Waals surface area contributed by atoms with Crippen LogP contribution in [0.2, 0.25) is 5.02 Å². The second-order valence-electron chi connectivity index (χ2n) is 4.52. The first-order chi connectivity index (χ1) is 11.1. The van der Waals surface area contributed by atoms with E-state index in [4.69, 9.17) is 16.1 Å². The number of pyridine rings is 1. The molecule has 0 unspecified atom stereocenters. The Morgan fingerprint density at radius 2 is 2.04 bits per heavy atom. The highest BCUT2D eigenvalue weighted by molar-refractivity contribution is 6.33. The molecular weight excluding hydrogens is 322 g/mol. The summed E-state index contributed by atoms with van der Waals surface area (Å²) in [5.74, 6) is 0.824. The number of nitrogens with one attached hydrogen (secondary N) is 1. The first kappa shape index (κ1) is 14.9. The Morgan fingerprint density at radius 3 is 2.74 bits per heavy atom. The minimum atomic E-state index is -0.505. The number of nitrogens with zero attached hydrogens (tertiary/aromatic N) is 4. The van der Waals surface area contributed by atoms with Gasteiger partial charge in [-0.1, -0.05) is 16.8 Å². The van der Waals surface area contributed by atoms with Crippen molar-refractivity contribution < 1.29 is 9.45 Å². The van der Waals surface area contributed by atoms with Crippen LogP contribution in [-0.2, 0) is 6.54 Å². The summed E-state index contributed by atoms with van der Waals surface area (Å²) in [7, 11) is 0. The molecule has 0 aliphatic heterocycles. The molecule has 2 aromatic heterocycles. The Balaban J connectivity index is 1.70. The van der Waals surface area contributed by atoms with Crippen LogP contribution in [0.1, 0.15) is 5.89 Å². The highest BCUT2D eigenvalue weighted by Gasteiger charge is 2.11. The Bertz CT molecular complexity index is 837. The van der Waals surface area contributed by atoms with Gasteiger partial charge < -0.3 is 9.84 Å². The number of nitro groups is 1. The summed E-state index contributed by atoms with van der Waals surface area (Å²) in [4.78, 5) is 18.3. The van der Waals surface area contributed by atoms with Gasteiger partial charge in [0.05, 0.1) is 22.2 Å². The molecule has 0 fully saturated rings. The van der Waals surface area contributed by atoms with E-state index in [0.717, 1.165) is 5.56 Å². The number of aromatic nitrogens is 3. The van der Waals surface area contributed by atoms with E-state index in [-0.39, 0.29) is 17.3 Å². The van der Waals surface area contributed by atoms with Gasteiger partial charge >= 0.3 is 0 Å². The fourth-order valence-corrected chi connectivity index (χ4v) is 2.12. The van der Waals surface area contributed by atoms with Gasteiger partial charge in [-0.25, -0.2) is 0 Å². The van der Waals surface area contributed by atoms with Gasteiger partial charge in [0.25, 0.3) is 5.69 Å². The topological polar surface area (TPSA) is 107 Å². The minimum absolute atomic E-state index is 0.0710. The fourth-order valence-electron chi connectivity index (χ4n) is 1.88. The van der Waals surface area contributed by atoms with Gasteiger partial charge in [-0.15, -0.1) is 0 Å². The van der Waals surface area contributed by atoms with Crippen LogP contribution >= 0.6 is 11.6 Å². The van der Waals surface area contributed by atoms with Crippen LogP contribution in [0.5, 0.6) is 0 Å². The van der Waals surface area contributed by atoms with Crippen molar-refractivity contribution in [3.05, 3.63) is 63.8 Å². The van der Waals surface area contributed by atoms with Gasteiger partial charge in [0.1, 0.15) is 0 Å². The summed E-state index contributed by atoms with van der Waals surface area (Å²) in [6.07, 6.45) is 3.28. The number of anilines is 1. The Labute approximate surface area is 135 Å². The number of hydrogen-bond donors (Lipinski definition) is 1. The van der Waals surface area contributed by atoms with E-state index in [9.17, 15) is 10.1 Å². The van der Waals surface area contributed by atoms with Gasteiger partial charge in [-0.2, -0.15) is 4.98 Å². The predicted octanol–water partition coefficient (Wildman–Crippen LogP) is 3.31. The van der Waals surface area contributed by atoms with Crippen molar-refractivity contribution >= 4 is 23.0 Å². The average Bonchev–Trinajstić information content (AvgIpc) is 3.03. The maximum absolute atomic E-state index is 10.7. The van der Waals surface area contributed by atoms with Crippen molar-refractivity contribution in [2.45, 2.75) is 6.54 Å². The predicted molar refractivity (Wildman–Crippen MR) is 83.0 cm³/mol. The third-order valence-corrected chi connectivity index (χ3v) is 3.31. The third kappa shape index (κ3) is 3.43. The lowest BCUT2D eigenvalue weighted by molar-refractivity contribution is -0.384. The minimum Gasteiger partial charge on any atom is -0.375 e. The van der Waals surface area contributed by atoms with Gasteiger partial charge in [0.2, 0.25) is 11.7 Å². The van der Waals surface area contributed by atoms with Crippen molar-refractivity contribution in [3.63, 3.8) is 0 Å². The van der Waals surface area contributed by atoms with E-state index in [2.05, 4.69) is 20.4 Å². The maximum atomic E-state index is 10.7. The Kier molecular flexibility index (Phi) is 4.15. The first-order valence-corrected chi connectivity index (χ1v) is 6.92. The number of hydrogen-bond acceptors (Lipinski definition) is 7. The van der Waals surface area contributed by atoms with Gasteiger partial charge in [-0.05, 0) is 18.2 Å². The van der Waals surface area contributed by atoms with Crippen molar-refractivity contribution in [2.75, 3.05) is 5.32 Å². The third-order valence-electron chi connectivity index (χ3n) is 3.00. The molecule has 23 heavy (non-hydrogen) atoms. The van der Waals surface area contributed by atoms with E-state index in [1.807, 2.05) is 0 Å². The molecule has 0 saturated carbocycles. The summed E-state index contributed by atoms with van der Waals surface area (Å²) in [5.41, 5.74) is 1.27. The summed E-state index contributed by atoms with van der Waals surface area (Å²) < 4.78 is 5.15. The van der Waals surface area contributed by atoms with Crippen LogP contribution in [0.15, 0.2) is 47.2 Å². The Hall–Kier alpha value is -3.00. The number of non-ortho nitro benzene ring substituents is 1. The normalized spacial score (nSPS) is 10.5. The SMILES string of the molecule is O=[N+]([O-])c1ccc(NCc2nc(-c3ccncc3)no2)c(Cl)c1. The number of benzene rings is 1. The summed E-state index contributed by atoms with van der Waals surface area (Å²) in [6, 6.07) is 7.72. The monoisotopic (exact) mass is 331 g/mol. The van der Waals surface area contributed by atoms with E-state index >= 15 is 0 Å². The van der Waals surface area contributed by atoms with Crippen molar-refractivity contribution in [1.29, 1.82) is 0 Å². The molecule has 0 atom stereocenters. The highest BCUT2D eigenvalue weighted by atomic mass is 35.5. The van der Waals surface area contributed by atoms with Crippen molar-refractivity contribution in [3.8, 4) is 11.4 Å². The van der Waals surface area contributed by atoms with Crippen LogP contribution < -0.4 is 5.32 Å². The fraction of sp³-hybridized carbons (Fsp3) is 0.0714. The second kappa shape index (κ2) is 6.41. The van der Waals surface area contributed by atoms with Crippen LogP contribution in [-0.4, -0.2) is 20.0 Å². The molecule has 0 amide bonds. The summed E-state index contributed by atoms with van der Waals surface area (Å²) in [5, 5.41) is 17.8. The van der Waals surface area contributed by atoms with Crippen LogP contribution in [0.25, 0.3) is 11.4 Å². The van der Waals surface area contributed by atoms with E-state index < -0.39 is 4.92 Å². The highest BCUT2D eigenvalue weighted by Crippen LogP contribution is 2.27. The number of halogens is 1. The zero-order valence-electron chi connectivity index (χ0n) is 11.6. The smallest absolute Gasteiger partial charge is 0.271 e. The zero-order valence-corrected chi connectivity index (χ0v) is 12.4. The van der Waals surface area contributed by atoms with Crippen molar-refractivity contribution in [2.24, 2.45) is 0 Å². The molecule has 8 nitrogen and oxygen atoms in total. The molecule has 1 aromatic carbocycles. The van der Waals surface area contributed by atoms with Crippen LogP contribution in [0.4, 0.5) is 11.4 Å². The molecule has 1 N–H and O–H groups in total. The number of rotatable bonds is 5. The maximum Gasteiger partial charge on any atom is 0.271 e. The molecule has 3 aromatic rings. The molecular formula is C14H10ClN5O3. The molecule has 0 spiro atoms. The zero-order chi connectivity index (χ0) is 16.2.